The van der Waals surface area contributed by atoms with Gasteiger partial charge in [-0.25, -0.2) is 9.83 Å². The number of nitrogens with two attached hydrogens (primary N) is 1. The van der Waals surface area contributed by atoms with Gasteiger partial charge in [-0.3, -0.25) is 4.57 Å². The summed E-state index contributed by atoms with van der Waals surface area (Å²) in [4.78, 5) is 16.3. The van der Waals surface area contributed by atoms with Crippen LogP contribution in [-0.2, 0) is 0 Å². The summed E-state index contributed by atoms with van der Waals surface area (Å²) in [5, 5.41) is 2.91. The van der Waals surface area contributed by atoms with Gasteiger partial charge in [0.1, 0.15) is 11.6 Å². The van der Waals surface area contributed by atoms with Crippen LogP contribution in [0.5, 0.6) is 5.75 Å². The van der Waals surface area contributed by atoms with Crippen LogP contribution in [0, 0.1) is 19.3 Å². The van der Waals surface area contributed by atoms with E-state index in [-0.39, 0.29) is 17.6 Å². The van der Waals surface area contributed by atoms with Crippen molar-refractivity contribution in [3.63, 3.8) is 0 Å². The van der Waals surface area contributed by atoms with Crippen LogP contribution in [0.4, 0.5) is 27.4 Å². The summed E-state index contributed by atoms with van der Waals surface area (Å²) in [5.41, 5.74) is 8.17. The van der Waals surface area contributed by atoms with Crippen LogP contribution in [0.15, 0.2) is 42.5 Å². The van der Waals surface area contributed by atoms with Crippen LogP contribution in [-0.4, -0.2) is 26.6 Å². The molecule has 0 atom stereocenters. The number of aromatic nitrogens is 4. The van der Waals surface area contributed by atoms with Crippen LogP contribution in [0.2, 0.25) is 0 Å². The van der Waals surface area contributed by atoms with E-state index < -0.39 is 5.82 Å². The van der Waals surface area contributed by atoms with Gasteiger partial charge >= 0.3 is 0 Å². The molecule has 4 rings (SSSR count). The standard InChI is InChI=1S/C20H16FN7O/c1-11-24-15-9-6-13(23-2)10-16(15)28(11)20-26-18(22)17(21)19(27-20)25-12-4-7-14(29-3)8-5-12/h4-10H,1,3H3,(H3,22,25,26,27). The van der Waals surface area contributed by atoms with Crippen molar-refractivity contribution in [1.82, 2.24) is 19.5 Å². The molecule has 2 aromatic heterocycles. The molecule has 0 saturated heterocycles. The summed E-state index contributed by atoms with van der Waals surface area (Å²) in [5.74, 6) is 0.294. The molecule has 0 unspecified atom stereocenters. The van der Waals surface area contributed by atoms with Crippen molar-refractivity contribution in [1.29, 1.82) is 0 Å². The van der Waals surface area contributed by atoms with E-state index >= 15 is 0 Å². The molecule has 0 aliphatic heterocycles. The van der Waals surface area contributed by atoms with Crippen molar-refractivity contribution in [2.45, 2.75) is 6.92 Å². The van der Waals surface area contributed by atoms with E-state index in [4.69, 9.17) is 17.0 Å². The number of nitrogen functional groups attached to an aromatic ring is 1. The van der Waals surface area contributed by atoms with Crippen LogP contribution < -0.4 is 15.8 Å². The Morgan fingerprint density at radius 2 is 1.90 bits per heavy atom. The third-order valence-electron chi connectivity index (χ3n) is 4.35. The fraction of sp³-hybridized carbons (Fsp3) is 0.100. The Balaban J connectivity index is 1.82. The van der Waals surface area contributed by atoms with E-state index in [1.807, 2.05) is 0 Å². The highest BCUT2D eigenvalue weighted by Crippen LogP contribution is 2.28. The lowest BCUT2D eigenvalue weighted by atomic mass is 10.3. The molecule has 0 radical (unpaired) electrons. The molecule has 2 heterocycles. The number of hydrogen-bond donors (Lipinski definition) is 2. The topological polar surface area (TPSA) is 95.2 Å². The molecule has 144 valence electrons. The molecule has 0 saturated carbocycles. The summed E-state index contributed by atoms with van der Waals surface area (Å²) in [6.07, 6.45) is 0. The van der Waals surface area contributed by atoms with Crippen molar-refractivity contribution >= 4 is 34.0 Å². The predicted molar refractivity (Wildman–Crippen MR) is 108 cm³/mol. The lowest BCUT2D eigenvalue weighted by molar-refractivity contribution is 0.415. The second kappa shape index (κ2) is 7.09. The highest BCUT2D eigenvalue weighted by molar-refractivity contribution is 5.82. The molecule has 4 aromatic rings. The molecule has 8 nitrogen and oxygen atoms in total. The van der Waals surface area contributed by atoms with Gasteiger partial charge in [0, 0.05) is 5.69 Å². The highest BCUT2D eigenvalue weighted by atomic mass is 19.1. The largest absolute Gasteiger partial charge is 0.497 e. The second-order valence-electron chi connectivity index (χ2n) is 6.20. The monoisotopic (exact) mass is 389 g/mol. The molecule has 0 aliphatic rings. The minimum absolute atomic E-state index is 0.0692. The summed E-state index contributed by atoms with van der Waals surface area (Å²) in [7, 11) is 1.57. The molecule has 0 spiro atoms. The maximum Gasteiger partial charge on any atom is 0.239 e. The fourth-order valence-corrected chi connectivity index (χ4v) is 2.95. The van der Waals surface area contributed by atoms with Gasteiger partial charge in [-0.2, -0.15) is 14.4 Å². The number of imidazole rings is 1. The number of anilines is 3. The van der Waals surface area contributed by atoms with Crippen LogP contribution in [0.1, 0.15) is 5.82 Å². The minimum Gasteiger partial charge on any atom is -0.497 e. The Labute approximate surface area is 165 Å². The molecule has 0 bridgehead atoms. The number of methoxy groups -OCH3 is 1. The zero-order chi connectivity index (χ0) is 20.5. The highest BCUT2D eigenvalue weighted by Gasteiger charge is 2.18. The van der Waals surface area contributed by atoms with Gasteiger partial charge in [-0.05, 0) is 43.3 Å². The van der Waals surface area contributed by atoms with Crippen molar-refractivity contribution in [2.24, 2.45) is 0 Å². The third kappa shape index (κ3) is 3.27. The van der Waals surface area contributed by atoms with Gasteiger partial charge in [-0.15, -0.1) is 0 Å². The van der Waals surface area contributed by atoms with Gasteiger partial charge in [-0.1, -0.05) is 6.07 Å². The van der Waals surface area contributed by atoms with Crippen molar-refractivity contribution in [3.8, 4) is 11.7 Å². The maximum atomic E-state index is 14.6. The summed E-state index contributed by atoms with van der Waals surface area (Å²) in [6.45, 7) is 9.00. The molecule has 3 N–H and O–H groups in total. The fourth-order valence-electron chi connectivity index (χ4n) is 2.95. The zero-order valence-electron chi connectivity index (χ0n) is 15.6. The Kier molecular flexibility index (Phi) is 4.44. The number of hydrogen-bond acceptors (Lipinski definition) is 6. The molecular formula is C20H16FN7O. The van der Waals surface area contributed by atoms with Crippen molar-refractivity contribution < 1.29 is 9.13 Å². The summed E-state index contributed by atoms with van der Waals surface area (Å²) < 4.78 is 21.3. The van der Waals surface area contributed by atoms with E-state index in [9.17, 15) is 4.39 Å². The second-order valence-corrected chi connectivity index (χ2v) is 6.20. The smallest absolute Gasteiger partial charge is 0.239 e. The number of ether oxygens (including phenoxy) is 1. The van der Waals surface area contributed by atoms with E-state index in [0.29, 0.717) is 34.0 Å². The van der Waals surface area contributed by atoms with Crippen LogP contribution in [0.25, 0.3) is 21.8 Å². The quantitative estimate of drug-likeness (QED) is 0.509. The number of halogens is 1. The number of benzene rings is 2. The lowest BCUT2D eigenvalue weighted by Crippen LogP contribution is -2.10. The van der Waals surface area contributed by atoms with Gasteiger partial charge in [0.25, 0.3) is 0 Å². The number of fused-ring (bicyclic) bond motifs is 1. The number of aryl methyl sites for hydroxylation is 1. The van der Waals surface area contributed by atoms with Gasteiger partial charge in [0.2, 0.25) is 11.8 Å². The first-order chi connectivity index (χ1) is 14.0. The van der Waals surface area contributed by atoms with E-state index in [2.05, 4.69) is 25.1 Å². The predicted octanol–water partition coefficient (Wildman–Crippen LogP) is 4.15. The molecular weight excluding hydrogens is 373 g/mol. The van der Waals surface area contributed by atoms with Gasteiger partial charge in [0.15, 0.2) is 17.3 Å². The Morgan fingerprint density at radius 3 is 2.59 bits per heavy atom. The Bertz CT molecular complexity index is 1260. The van der Waals surface area contributed by atoms with E-state index in [1.165, 1.54) is 0 Å². The SMILES string of the molecule is [C-]#[N+]c1ccc2nc(C)n(-c3nc(N)c(F)c(Nc4ccc(OC)cc4)n3)c2c1. The maximum absolute atomic E-state index is 14.6. The first-order valence-corrected chi connectivity index (χ1v) is 8.61. The molecule has 9 heteroatoms. The summed E-state index contributed by atoms with van der Waals surface area (Å²) in [6, 6.07) is 12.1. The molecule has 0 aliphatic carbocycles. The Morgan fingerprint density at radius 1 is 1.14 bits per heavy atom. The van der Waals surface area contributed by atoms with Gasteiger partial charge in [0.05, 0.1) is 24.7 Å². The van der Waals surface area contributed by atoms with Crippen molar-refractivity contribution in [2.75, 3.05) is 18.2 Å². The van der Waals surface area contributed by atoms with E-state index in [1.54, 1.807) is 61.1 Å². The molecule has 2 aromatic carbocycles. The first kappa shape index (κ1) is 18.2. The molecule has 0 amide bonds. The molecule has 29 heavy (non-hydrogen) atoms. The number of nitrogens with zero attached hydrogens (tertiary/aromatic N) is 5. The average molecular weight is 389 g/mol. The van der Waals surface area contributed by atoms with Gasteiger partial charge < -0.3 is 15.8 Å². The first-order valence-electron chi connectivity index (χ1n) is 8.61. The third-order valence-corrected chi connectivity index (χ3v) is 4.35. The van der Waals surface area contributed by atoms with E-state index in [0.717, 1.165) is 0 Å². The Hall–Kier alpha value is -4.19. The zero-order valence-corrected chi connectivity index (χ0v) is 15.6. The van der Waals surface area contributed by atoms with Crippen molar-refractivity contribution in [3.05, 3.63) is 65.5 Å². The number of rotatable bonds is 4. The minimum atomic E-state index is -0.756. The van der Waals surface area contributed by atoms with Crippen LogP contribution in [0.3, 0.4) is 0 Å². The molecule has 0 fully saturated rings. The normalized spacial score (nSPS) is 10.7. The summed E-state index contributed by atoms with van der Waals surface area (Å²) >= 11 is 0. The average Bonchev–Trinajstić information content (AvgIpc) is 3.06. The lowest BCUT2D eigenvalue weighted by Gasteiger charge is -2.12. The van der Waals surface area contributed by atoms with Crippen LogP contribution >= 0.6 is 0 Å². The number of nitrogens with one attached hydrogen (secondary N) is 1.